The van der Waals surface area contributed by atoms with Crippen LogP contribution in [0.15, 0.2) is 24.4 Å². The number of nitrogens with one attached hydrogen (secondary N) is 1. The molecule has 3 rings (SSSR count). The maximum absolute atomic E-state index is 5.65. The molecular weight excluding hydrogens is 252 g/mol. The summed E-state index contributed by atoms with van der Waals surface area (Å²) in [7, 11) is 0. The van der Waals surface area contributed by atoms with E-state index in [1.54, 1.807) is 0 Å². The highest BCUT2D eigenvalue weighted by molar-refractivity contribution is 5.84. The van der Waals surface area contributed by atoms with E-state index in [1.807, 2.05) is 17.8 Å². The van der Waals surface area contributed by atoms with E-state index in [4.69, 9.17) is 5.73 Å². The van der Waals surface area contributed by atoms with Crippen LogP contribution in [0.4, 0.5) is 0 Å². The molecule has 1 aromatic carbocycles. The Morgan fingerprint density at radius 1 is 1.35 bits per heavy atom. The molecule has 0 fully saturated rings. The fourth-order valence-electron chi connectivity index (χ4n) is 2.48. The topological polar surface area (TPSA) is 85.4 Å². The number of fused-ring (bicyclic) bond motifs is 1. The number of hydrogen-bond acceptors (Lipinski definition) is 4. The number of nitrogens with two attached hydrogens (primary N) is 1. The van der Waals surface area contributed by atoms with Crippen LogP contribution < -0.4 is 5.73 Å². The molecule has 104 valence electrons. The van der Waals surface area contributed by atoms with E-state index in [2.05, 4.69) is 38.7 Å². The highest BCUT2D eigenvalue weighted by Gasteiger charge is 2.08. The maximum atomic E-state index is 5.65. The molecule has 0 aliphatic carbocycles. The molecule has 3 N–H and O–H groups in total. The number of aromatic nitrogens is 5. The van der Waals surface area contributed by atoms with Crippen LogP contribution >= 0.6 is 0 Å². The third kappa shape index (κ3) is 2.30. The molecular formula is C14H18N6. The van der Waals surface area contributed by atoms with Gasteiger partial charge in [0.1, 0.15) is 0 Å². The summed E-state index contributed by atoms with van der Waals surface area (Å²) >= 11 is 0. The number of aromatic amines is 1. The Balaban J connectivity index is 1.94. The molecule has 0 aliphatic heterocycles. The normalized spacial score (nSPS) is 11.3. The summed E-state index contributed by atoms with van der Waals surface area (Å²) in [5, 5.41) is 13.0. The van der Waals surface area contributed by atoms with Crippen LogP contribution in [0.3, 0.4) is 0 Å². The summed E-state index contributed by atoms with van der Waals surface area (Å²) in [5.74, 6) is 0.891. The van der Waals surface area contributed by atoms with Crippen LogP contribution in [0, 0.1) is 0 Å². The Morgan fingerprint density at radius 3 is 3.05 bits per heavy atom. The van der Waals surface area contributed by atoms with Gasteiger partial charge in [-0.1, -0.05) is 6.07 Å². The minimum Gasteiger partial charge on any atom is -0.361 e. The number of H-pyrrole nitrogens is 1. The first-order valence-electron chi connectivity index (χ1n) is 6.85. The fourth-order valence-corrected chi connectivity index (χ4v) is 2.48. The predicted molar refractivity (Wildman–Crippen MR) is 77.4 cm³/mol. The summed E-state index contributed by atoms with van der Waals surface area (Å²) < 4.78 is 1.82. The van der Waals surface area contributed by atoms with E-state index < -0.39 is 0 Å². The SMILES string of the molecule is CCn1nnnc1Cc1ccc2[nH]cc(CCN)c2c1. The first-order valence-corrected chi connectivity index (χ1v) is 6.85. The van der Waals surface area contributed by atoms with Gasteiger partial charge in [-0.25, -0.2) is 4.68 Å². The average Bonchev–Trinajstić information content (AvgIpc) is 3.06. The van der Waals surface area contributed by atoms with Gasteiger partial charge in [-0.05, 0) is 53.6 Å². The molecule has 6 nitrogen and oxygen atoms in total. The van der Waals surface area contributed by atoms with Crippen LogP contribution in [0.2, 0.25) is 0 Å². The van der Waals surface area contributed by atoms with Crippen molar-refractivity contribution in [2.75, 3.05) is 6.54 Å². The second-order valence-electron chi connectivity index (χ2n) is 4.82. The van der Waals surface area contributed by atoms with Crippen molar-refractivity contribution in [3.63, 3.8) is 0 Å². The van der Waals surface area contributed by atoms with Crippen LogP contribution in [-0.2, 0) is 19.4 Å². The Kier molecular flexibility index (Phi) is 3.47. The number of hydrogen-bond donors (Lipinski definition) is 2. The van der Waals surface area contributed by atoms with Crippen LogP contribution in [0.25, 0.3) is 10.9 Å². The lowest BCUT2D eigenvalue weighted by Crippen LogP contribution is -2.04. The second kappa shape index (κ2) is 5.42. The van der Waals surface area contributed by atoms with Crippen LogP contribution in [0.5, 0.6) is 0 Å². The highest BCUT2D eigenvalue weighted by Crippen LogP contribution is 2.21. The van der Waals surface area contributed by atoms with E-state index >= 15 is 0 Å². The van der Waals surface area contributed by atoms with Gasteiger partial charge in [0.25, 0.3) is 0 Å². The summed E-state index contributed by atoms with van der Waals surface area (Å²) in [5.41, 5.74) is 9.27. The summed E-state index contributed by atoms with van der Waals surface area (Å²) in [6, 6.07) is 6.41. The molecule has 0 spiro atoms. The first kappa shape index (κ1) is 12.8. The number of tetrazole rings is 1. The molecule has 3 aromatic rings. The fraction of sp³-hybridized carbons (Fsp3) is 0.357. The van der Waals surface area contributed by atoms with E-state index in [-0.39, 0.29) is 0 Å². The number of rotatable bonds is 5. The lowest BCUT2D eigenvalue weighted by atomic mass is 10.1. The standard InChI is InChI=1S/C14H18N6/c1-2-20-14(17-18-19-20)8-10-3-4-13-12(7-10)11(5-6-15)9-16-13/h3-4,7,9,16H,2,5-6,8,15H2,1H3. The smallest absolute Gasteiger partial charge is 0.155 e. The largest absolute Gasteiger partial charge is 0.361 e. The van der Waals surface area contributed by atoms with Gasteiger partial charge < -0.3 is 10.7 Å². The molecule has 0 unspecified atom stereocenters. The number of aryl methyl sites for hydroxylation is 1. The van der Waals surface area contributed by atoms with Gasteiger partial charge in [0.2, 0.25) is 0 Å². The van der Waals surface area contributed by atoms with Crippen molar-refractivity contribution in [3.05, 3.63) is 41.3 Å². The molecule has 0 amide bonds. The van der Waals surface area contributed by atoms with E-state index in [9.17, 15) is 0 Å². The summed E-state index contributed by atoms with van der Waals surface area (Å²) in [6.07, 6.45) is 3.66. The van der Waals surface area contributed by atoms with Gasteiger partial charge in [-0.2, -0.15) is 0 Å². The van der Waals surface area contributed by atoms with Gasteiger partial charge in [0, 0.05) is 30.1 Å². The monoisotopic (exact) mass is 270 g/mol. The molecule has 20 heavy (non-hydrogen) atoms. The Morgan fingerprint density at radius 2 is 2.25 bits per heavy atom. The van der Waals surface area contributed by atoms with E-state index in [0.717, 1.165) is 30.7 Å². The lowest BCUT2D eigenvalue weighted by Gasteiger charge is -2.03. The Bertz CT molecular complexity index is 711. The molecule has 0 bridgehead atoms. The van der Waals surface area contributed by atoms with E-state index in [0.29, 0.717) is 6.54 Å². The van der Waals surface area contributed by atoms with Crippen molar-refractivity contribution in [2.24, 2.45) is 5.73 Å². The zero-order valence-corrected chi connectivity index (χ0v) is 11.5. The van der Waals surface area contributed by atoms with Gasteiger partial charge in [-0.15, -0.1) is 5.10 Å². The molecule has 0 radical (unpaired) electrons. The van der Waals surface area contributed by atoms with Gasteiger partial charge in [-0.3, -0.25) is 0 Å². The molecule has 0 saturated heterocycles. The third-order valence-corrected chi connectivity index (χ3v) is 3.51. The van der Waals surface area contributed by atoms with Crippen molar-refractivity contribution < 1.29 is 0 Å². The van der Waals surface area contributed by atoms with Crippen LogP contribution in [-0.4, -0.2) is 31.7 Å². The maximum Gasteiger partial charge on any atom is 0.155 e. The Hall–Kier alpha value is -2.21. The van der Waals surface area contributed by atoms with Gasteiger partial charge in [0.15, 0.2) is 5.82 Å². The van der Waals surface area contributed by atoms with Crippen LogP contribution in [0.1, 0.15) is 23.9 Å². The molecule has 0 atom stereocenters. The predicted octanol–water partition coefficient (Wildman–Crippen LogP) is 1.27. The first-order chi connectivity index (χ1) is 9.81. The minimum atomic E-state index is 0.658. The van der Waals surface area contributed by atoms with Crippen molar-refractivity contribution in [2.45, 2.75) is 26.3 Å². The van der Waals surface area contributed by atoms with Crippen molar-refractivity contribution >= 4 is 10.9 Å². The third-order valence-electron chi connectivity index (χ3n) is 3.51. The summed E-state index contributed by atoms with van der Waals surface area (Å²) in [4.78, 5) is 3.28. The molecule has 0 saturated carbocycles. The lowest BCUT2D eigenvalue weighted by molar-refractivity contribution is 0.604. The quantitative estimate of drug-likeness (QED) is 0.731. The average molecular weight is 270 g/mol. The van der Waals surface area contributed by atoms with Crippen molar-refractivity contribution in [1.29, 1.82) is 0 Å². The van der Waals surface area contributed by atoms with Crippen molar-refractivity contribution in [1.82, 2.24) is 25.2 Å². The number of benzene rings is 1. The Labute approximate surface area is 117 Å². The number of nitrogens with zero attached hydrogens (tertiary/aromatic N) is 4. The highest BCUT2D eigenvalue weighted by atomic mass is 15.5. The summed E-state index contributed by atoms with van der Waals surface area (Å²) in [6.45, 7) is 3.48. The molecule has 2 heterocycles. The molecule has 0 aliphatic rings. The molecule has 6 heteroatoms. The zero-order valence-electron chi connectivity index (χ0n) is 11.5. The molecule has 2 aromatic heterocycles. The van der Waals surface area contributed by atoms with Crippen molar-refractivity contribution in [3.8, 4) is 0 Å². The second-order valence-corrected chi connectivity index (χ2v) is 4.82. The van der Waals surface area contributed by atoms with Gasteiger partial charge >= 0.3 is 0 Å². The van der Waals surface area contributed by atoms with Gasteiger partial charge in [0.05, 0.1) is 0 Å². The zero-order chi connectivity index (χ0) is 13.9. The minimum absolute atomic E-state index is 0.658. The van der Waals surface area contributed by atoms with E-state index in [1.165, 1.54) is 16.5 Å².